The molecular formula is C14H16N2O3. The van der Waals surface area contributed by atoms with Crippen molar-refractivity contribution in [1.82, 2.24) is 10.2 Å². The number of nitrogens with one attached hydrogen (secondary N) is 1. The standard InChI is InChI=1S/C14H16N2O3/c1-9-4-6-10(7-5-9)14(2,3)16-12(18)8-11(17)15-13(16)19/h4-7H,8H2,1-3H3,(H,15,17,19). The Balaban J connectivity index is 2.38. The second-order valence-electron chi connectivity index (χ2n) is 5.18. The Hall–Kier alpha value is -2.17. The molecule has 0 unspecified atom stereocenters. The molecule has 1 heterocycles. The van der Waals surface area contributed by atoms with E-state index >= 15 is 0 Å². The number of carbonyl (C=O) groups excluding carboxylic acids is 3. The molecule has 1 aromatic carbocycles. The monoisotopic (exact) mass is 260 g/mol. The van der Waals surface area contributed by atoms with E-state index in [1.165, 1.54) is 0 Å². The van der Waals surface area contributed by atoms with Crippen molar-refractivity contribution in [1.29, 1.82) is 0 Å². The molecule has 0 atom stereocenters. The summed E-state index contributed by atoms with van der Waals surface area (Å²) in [7, 11) is 0. The van der Waals surface area contributed by atoms with Gasteiger partial charge in [-0.25, -0.2) is 4.79 Å². The molecule has 4 amide bonds. The van der Waals surface area contributed by atoms with E-state index in [1.807, 2.05) is 31.2 Å². The lowest BCUT2D eigenvalue weighted by Crippen LogP contribution is -2.59. The summed E-state index contributed by atoms with van der Waals surface area (Å²) in [6.45, 7) is 5.53. The Morgan fingerprint density at radius 3 is 2.21 bits per heavy atom. The molecule has 19 heavy (non-hydrogen) atoms. The number of imide groups is 2. The van der Waals surface area contributed by atoms with Crippen LogP contribution in [0.1, 0.15) is 31.4 Å². The summed E-state index contributed by atoms with van der Waals surface area (Å²) in [5.74, 6) is -1.02. The van der Waals surface area contributed by atoms with E-state index in [0.717, 1.165) is 16.0 Å². The van der Waals surface area contributed by atoms with Gasteiger partial charge >= 0.3 is 6.03 Å². The number of barbiturate groups is 1. The highest BCUT2D eigenvalue weighted by atomic mass is 16.2. The molecule has 5 nitrogen and oxygen atoms in total. The zero-order valence-corrected chi connectivity index (χ0v) is 11.2. The molecule has 0 saturated carbocycles. The maximum absolute atomic E-state index is 11.9. The van der Waals surface area contributed by atoms with Crippen molar-refractivity contribution in [2.24, 2.45) is 0 Å². The van der Waals surface area contributed by atoms with Gasteiger partial charge in [0.05, 0.1) is 5.54 Å². The smallest absolute Gasteiger partial charge is 0.277 e. The molecule has 0 radical (unpaired) electrons. The molecule has 1 aliphatic rings. The van der Waals surface area contributed by atoms with Crippen LogP contribution >= 0.6 is 0 Å². The lowest BCUT2D eigenvalue weighted by molar-refractivity contribution is -0.139. The van der Waals surface area contributed by atoms with Gasteiger partial charge in [0.1, 0.15) is 6.42 Å². The zero-order valence-electron chi connectivity index (χ0n) is 11.2. The van der Waals surface area contributed by atoms with Gasteiger partial charge in [-0.2, -0.15) is 0 Å². The van der Waals surface area contributed by atoms with Gasteiger partial charge in [-0.1, -0.05) is 29.8 Å². The number of aryl methyl sites for hydroxylation is 1. The minimum absolute atomic E-state index is 0.291. The van der Waals surface area contributed by atoms with E-state index in [4.69, 9.17) is 0 Å². The summed E-state index contributed by atoms with van der Waals surface area (Å²) < 4.78 is 0. The maximum atomic E-state index is 11.9. The molecule has 1 saturated heterocycles. The van der Waals surface area contributed by atoms with Crippen LogP contribution in [0.25, 0.3) is 0 Å². The maximum Gasteiger partial charge on any atom is 0.331 e. The summed E-state index contributed by atoms with van der Waals surface area (Å²) in [5, 5.41) is 2.17. The summed E-state index contributed by atoms with van der Waals surface area (Å²) in [6.07, 6.45) is -0.291. The molecule has 0 aliphatic carbocycles. The van der Waals surface area contributed by atoms with Crippen molar-refractivity contribution in [3.8, 4) is 0 Å². The van der Waals surface area contributed by atoms with E-state index in [-0.39, 0.29) is 6.42 Å². The van der Waals surface area contributed by atoms with Crippen molar-refractivity contribution in [2.45, 2.75) is 32.7 Å². The van der Waals surface area contributed by atoms with Crippen molar-refractivity contribution in [3.05, 3.63) is 35.4 Å². The third kappa shape index (κ3) is 2.36. The number of nitrogens with zero attached hydrogens (tertiary/aromatic N) is 1. The number of hydrogen-bond donors (Lipinski definition) is 1. The van der Waals surface area contributed by atoms with Crippen molar-refractivity contribution < 1.29 is 14.4 Å². The topological polar surface area (TPSA) is 66.5 Å². The molecule has 0 aromatic heterocycles. The summed E-state index contributed by atoms with van der Waals surface area (Å²) >= 11 is 0. The lowest BCUT2D eigenvalue weighted by Gasteiger charge is -2.39. The number of urea groups is 1. The van der Waals surface area contributed by atoms with E-state index in [2.05, 4.69) is 5.32 Å². The molecule has 1 fully saturated rings. The predicted octanol–water partition coefficient (Wildman–Crippen LogP) is 1.70. The van der Waals surface area contributed by atoms with Crippen LogP contribution in [-0.2, 0) is 15.1 Å². The number of amides is 4. The highest BCUT2D eigenvalue weighted by Gasteiger charge is 2.41. The van der Waals surface area contributed by atoms with E-state index in [1.54, 1.807) is 13.8 Å². The SMILES string of the molecule is Cc1ccc(C(C)(C)N2C(=O)CC(=O)NC2=O)cc1. The molecule has 1 aliphatic heterocycles. The fourth-order valence-corrected chi connectivity index (χ4v) is 2.21. The van der Waals surface area contributed by atoms with E-state index in [0.29, 0.717) is 0 Å². The fourth-order valence-electron chi connectivity index (χ4n) is 2.21. The first-order chi connectivity index (χ1) is 8.82. The van der Waals surface area contributed by atoms with Gasteiger partial charge in [-0.05, 0) is 26.3 Å². The second kappa shape index (κ2) is 4.50. The molecular weight excluding hydrogens is 244 g/mol. The van der Waals surface area contributed by atoms with Crippen molar-refractivity contribution in [2.75, 3.05) is 0 Å². The molecule has 2 rings (SSSR count). The quantitative estimate of drug-likeness (QED) is 0.823. The number of benzene rings is 1. The predicted molar refractivity (Wildman–Crippen MR) is 69.2 cm³/mol. The Labute approximate surface area is 111 Å². The minimum Gasteiger partial charge on any atom is -0.277 e. The Morgan fingerprint density at radius 2 is 1.68 bits per heavy atom. The van der Waals surface area contributed by atoms with Crippen LogP contribution in [0.3, 0.4) is 0 Å². The highest BCUT2D eigenvalue weighted by molar-refractivity contribution is 6.14. The number of hydrogen-bond acceptors (Lipinski definition) is 3. The number of carbonyl (C=O) groups is 3. The van der Waals surface area contributed by atoms with E-state index < -0.39 is 23.4 Å². The van der Waals surface area contributed by atoms with Crippen molar-refractivity contribution >= 4 is 17.8 Å². The normalized spacial score (nSPS) is 16.6. The second-order valence-corrected chi connectivity index (χ2v) is 5.18. The van der Waals surface area contributed by atoms with Crippen LogP contribution < -0.4 is 5.32 Å². The molecule has 1 N–H and O–H groups in total. The Bertz CT molecular complexity index is 526. The van der Waals surface area contributed by atoms with E-state index in [9.17, 15) is 14.4 Å². The Kier molecular flexibility index (Phi) is 3.14. The Morgan fingerprint density at radius 1 is 1.11 bits per heavy atom. The first kappa shape index (κ1) is 13.3. The molecule has 5 heteroatoms. The van der Waals surface area contributed by atoms with Crippen LogP contribution in [-0.4, -0.2) is 22.7 Å². The third-order valence-electron chi connectivity index (χ3n) is 3.33. The lowest BCUT2D eigenvalue weighted by atomic mass is 9.91. The average molecular weight is 260 g/mol. The summed E-state index contributed by atoms with van der Waals surface area (Å²) in [6, 6.07) is 6.95. The van der Waals surface area contributed by atoms with Crippen LogP contribution in [0, 0.1) is 6.92 Å². The van der Waals surface area contributed by atoms with Gasteiger partial charge in [0.15, 0.2) is 0 Å². The molecule has 0 spiro atoms. The van der Waals surface area contributed by atoms with Crippen molar-refractivity contribution in [3.63, 3.8) is 0 Å². The zero-order chi connectivity index (χ0) is 14.2. The van der Waals surface area contributed by atoms with Crippen LogP contribution in [0.4, 0.5) is 4.79 Å². The molecule has 1 aromatic rings. The van der Waals surface area contributed by atoms with Gasteiger partial charge in [0.25, 0.3) is 0 Å². The van der Waals surface area contributed by atoms with Gasteiger partial charge in [0.2, 0.25) is 11.8 Å². The largest absolute Gasteiger partial charge is 0.331 e. The average Bonchev–Trinajstić information content (AvgIpc) is 2.27. The van der Waals surface area contributed by atoms with Gasteiger partial charge in [-0.3, -0.25) is 19.8 Å². The third-order valence-corrected chi connectivity index (χ3v) is 3.33. The van der Waals surface area contributed by atoms with Gasteiger partial charge in [0, 0.05) is 0 Å². The minimum atomic E-state index is -0.796. The van der Waals surface area contributed by atoms with Crippen LogP contribution in [0.5, 0.6) is 0 Å². The highest BCUT2D eigenvalue weighted by Crippen LogP contribution is 2.29. The molecule has 0 bridgehead atoms. The van der Waals surface area contributed by atoms with Crippen LogP contribution in [0.15, 0.2) is 24.3 Å². The van der Waals surface area contributed by atoms with Crippen LogP contribution in [0.2, 0.25) is 0 Å². The first-order valence-electron chi connectivity index (χ1n) is 6.06. The first-order valence-corrected chi connectivity index (χ1v) is 6.06. The molecule has 100 valence electrons. The van der Waals surface area contributed by atoms with Gasteiger partial charge in [-0.15, -0.1) is 0 Å². The van der Waals surface area contributed by atoms with Gasteiger partial charge < -0.3 is 0 Å². The summed E-state index contributed by atoms with van der Waals surface area (Å²) in [4.78, 5) is 36.1. The fraction of sp³-hybridized carbons (Fsp3) is 0.357. The number of rotatable bonds is 2. The summed E-state index contributed by atoms with van der Waals surface area (Å²) in [5.41, 5.74) is 1.15.